The molecule has 0 amide bonds. The maximum atomic E-state index is 9.05. The molecule has 0 aliphatic heterocycles. The Bertz CT molecular complexity index is 517. The van der Waals surface area contributed by atoms with E-state index in [1.165, 1.54) is 0 Å². The predicted octanol–water partition coefficient (Wildman–Crippen LogP) is 4.64. The smallest absolute Gasteiger partial charge is 0.101 e. The van der Waals surface area contributed by atoms with E-state index < -0.39 is 0 Å². The van der Waals surface area contributed by atoms with Crippen LogP contribution >= 0.6 is 38.6 Å². The molecule has 0 spiro atoms. The highest BCUT2D eigenvalue weighted by Crippen LogP contribution is 2.27. The molecule has 0 N–H and O–H groups in total. The fourth-order valence-corrected chi connectivity index (χ4v) is 3.20. The molecule has 0 fully saturated rings. The van der Waals surface area contributed by atoms with Gasteiger partial charge in [-0.3, -0.25) is 0 Å². The van der Waals surface area contributed by atoms with Crippen molar-refractivity contribution in [3.05, 3.63) is 43.2 Å². The molecule has 2 aromatic heterocycles. The zero-order valence-electron chi connectivity index (χ0n) is 7.61. The summed E-state index contributed by atoms with van der Waals surface area (Å²) in [6.07, 6.45) is 1.92. The lowest BCUT2D eigenvalue weighted by Crippen LogP contribution is -1.72. The minimum Gasteiger partial charge on any atom is -0.192 e. The summed E-state index contributed by atoms with van der Waals surface area (Å²) in [7, 11) is 0. The molecule has 0 saturated carbocycles. The minimum absolute atomic E-state index is 0.722. The normalized spacial score (nSPS) is 11.3. The van der Waals surface area contributed by atoms with Crippen LogP contribution in [0.25, 0.3) is 11.6 Å². The summed E-state index contributed by atoms with van der Waals surface area (Å²) in [5.74, 6) is 0. The Kier molecular flexibility index (Phi) is 3.37. The largest absolute Gasteiger partial charge is 0.192 e. The van der Waals surface area contributed by atoms with Crippen LogP contribution in [0.3, 0.4) is 0 Å². The molecule has 0 aromatic carbocycles. The van der Waals surface area contributed by atoms with Gasteiger partial charge < -0.3 is 0 Å². The number of halogens is 1. The van der Waals surface area contributed by atoms with E-state index in [4.69, 9.17) is 5.26 Å². The number of thiophene rings is 2. The molecule has 2 heterocycles. The highest BCUT2D eigenvalue weighted by atomic mass is 79.9. The van der Waals surface area contributed by atoms with E-state index in [-0.39, 0.29) is 0 Å². The molecule has 2 aromatic rings. The van der Waals surface area contributed by atoms with Crippen LogP contribution in [0.4, 0.5) is 0 Å². The van der Waals surface area contributed by atoms with Gasteiger partial charge >= 0.3 is 0 Å². The molecule has 0 aliphatic carbocycles. The van der Waals surface area contributed by atoms with Crippen LogP contribution < -0.4 is 0 Å². The second-order valence-electron chi connectivity index (χ2n) is 2.79. The van der Waals surface area contributed by atoms with Crippen molar-refractivity contribution >= 4 is 50.3 Å². The Balaban J connectivity index is 2.36. The molecule has 1 nitrogen and oxygen atoms in total. The summed E-state index contributed by atoms with van der Waals surface area (Å²) in [5.41, 5.74) is 0.722. The van der Waals surface area contributed by atoms with Gasteiger partial charge in [0.2, 0.25) is 0 Å². The maximum Gasteiger partial charge on any atom is 0.101 e. The fourth-order valence-electron chi connectivity index (χ4n) is 1.14. The lowest BCUT2D eigenvalue weighted by atomic mass is 10.2. The Morgan fingerprint density at radius 2 is 2.27 bits per heavy atom. The third kappa shape index (κ3) is 2.57. The highest BCUT2D eigenvalue weighted by Gasteiger charge is 2.02. The number of rotatable bonds is 2. The van der Waals surface area contributed by atoms with Gasteiger partial charge in [0.15, 0.2) is 0 Å². The van der Waals surface area contributed by atoms with Gasteiger partial charge in [0.25, 0.3) is 0 Å². The van der Waals surface area contributed by atoms with Crippen LogP contribution in [-0.4, -0.2) is 0 Å². The second kappa shape index (κ2) is 4.75. The van der Waals surface area contributed by atoms with Crippen molar-refractivity contribution in [3.63, 3.8) is 0 Å². The zero-order valence-corrected chi connectivity index (χ0v) is 10.8. The van der Waals surface area contributed by atoms with Gasteiger partial charge in [-0.2, -0.15) is 5.26 Å². The van der Waals surface area contributed by atoms with Gasteiger partial charge in [-0.1, -0.05) is 6.07 Å². The summed E-state index contributed by atoms with van der Waals surface area (Å²) in [6, 6.07) is 10.1. The van der Waals surface area contributed by atoms with Crippen LogP contribution in [0.2, 0.25) is 0 Å². The van der Waals surface area contributed by atoms with Crippen LogP contribution in [0, 0.1) is 11.3 Å². The van der Waals surface area contributed by atoms with Crippen molar-refractivity contribution in [2.75, 3.05) is 0 Å². The molecule has 0 bridgehead atoms. The molecule has 0 saturated heterocycles. The van der Waals surface area contributed by atoms with E-state index in [9.17, 15) is 0 Å². The SMILES string of the molecule is N#C/C(=C/c1ccc(Br)s1)c1cccs1. The third-order valence-corrected chi connectivity index (χ3v) is 4.26. The summed E-state index contributed by atoms with van der Waals surface area (Å²) >= 11 is 6.61. The molecule has 74 valence electrons. The Morgan fingerprint density at radius 1 is 1.40 bits per heavy atom. The van der Waals surface area contributed by atoms with Crippen molar-refractivity contribution in [2.45, 2.75) is 0 Å². The van der Waals surface area contributed by atoms with Gasteiger partial charge in [-0.25, -0.2) is 0 Å². The van der Waals surface area contributed by atoms with E-state index in [1.807, 2.05) is 35.7 Å². The zero-order chi connectivity index (χ0) is 10.7. The molecular weight excluding hydrogens is 290 g/mol. The number of allylic oxidation sites excluding steroid dienone is 1. The van der Waals surface area contributed by atoms with Gasteiger partial charge in [0.1, 0.15) is 6.07 Å². The summed E-state index contributed by atoms with van der Waals surface area (Å²) in [6.45, 7) is 0. The first kappa shape index (κ1) is 10.6. The van der Waals surface area contributed by atoms with Crippen LogP contribution in [-0.2, 0) is 0 Å². The van der Waals surface area contributed by atoms with E-state index in [2.05, 4.69) is 22.0 Å². The number of hydrogen-bond acceptors (Lipinski definition) is 3. The van der Waals surface area contributed by atoms with Gasteiger partial charge in [0.05, 0.1) is 9.36 Å². The van der Waals surface area contributed by atoms with Crippen LogP contribution in [0.5, 0.6) is 0 Å². The molecule has 0 unspecified atom stereocenters. The van der Waals surface area contributed by atoms with Gasteiger partial charge in [-0.05, 0) is 45.6 Å². The van der Waals surface area contributed by atoms with E-state index in [1.54, 1.807) is 22.7 Å². The van der Waals surface area contributed by atoms with Crippen LogP contribution in [0.1, 0.15) is 9.75 Å². The standard InChI is InChI=1S/C11H6BrNS2/c12-11-4-3-9(15-11)6-8(7-13)10-2-1-5-14-10/h1-6H/b8-6-. The van der Waals surface area contributed by atoms with Gasteiger partial charge in [-0.15, -0.1) is 22.7 Å². The van der Waals surface area contributed by atoms with Crippen molar-refractivity contribution in [3.8, 4) is 6.07 Å². The minimum atomic E-state index is 0.722. The summed E-state index contributed by atoms with van der Waals surface area (Å²) < 4.78 is 1.08. The highest BCUT2D eigenvalue weighted by molar-refractivity contribution is 9.11. The first-order valence-electron chi connectivity index (χ1n) is 4.20. The van der Waals surface area contributed by atoms with Crippen LogP contribution in [0.15, 0.2) is 33.4 Å². The third-order valence-electron chi connectivity index (χ3n) is 1.79. The van der Waals surface area contributed by atoms with E-state index >= 15 is 0 Å². The first-order valence-corrected chi connectivity index (χ1v) is 6.69. The summed E-state index contributed by atoms with van der Waals surface area (Å²) in [4.78, 5) is 2.11. The van der Waals surface area contributed by atoms with Crippen molar-refractivity contribution in [2.24, 2.45) is 0 Å². The lowest BCUT2D eigenvalue weighted by molar-refractivity contribution is 1.54. The van der Waals surface area contributed by atoms with Crippen molar-refractivity contribution in [1.82, 2.24) is 0 Å². The Labute approximate surface area is 104 Å². The Hall–Kier alpha value is -0.890. The topological polar surface area (TPSA) is 23.8 Å². The average molecular weight is 296 g/mol. The maximum absolute atomic E-state index is 9.05. The van der Waals surface area contributed by atoms with Crippen molar-refractivity contribution in [1.29, 1.82) is 5.26 Å². The monoisotopic (exact) mass is 295 g/mol. The van der Waals surface area contributed by atoms with Crippen molar-refractivity contribution < 1.29 is 0 Å². The molecular formula is C11H6BrNS2. The Morgan fingerprint density at radius 3 is 2.80 bits per heavy atom. The number of hydrogen-bond donors (Lipinski definition) is 0. The molecule has 4 heteroatoms. The fraction of sp³-hybridized carbons (Fsp3) is 0. The van der Waals surface area contributed by atoms with Gasteiger partial charge in [0, 0.05) is 9.75 Å². The molecule has 2 rings (SSSR count). The molecule has 0 atom stereocenters. The lowest BCUT2D eigenvalue weighted by Gasteiger charge is -1.91. The van der Waals surface area contributed by atoms with E-state index in [0.717, 1.165) is 19.1 Å². The summed E-state index contributed by atoms with van der Waals surface area (Å²) in [5, 5.41) is 11.0. The first-order chi connectivity index (χ1) is 7.29. The molecule has 0 radical (unpaired) electrons. The average Bonchev–Trinajstić information content (AvgIpc) is 2.85. The van der Waals surface area contributed by atoms with E-state index in [0.29, 0.717) is 0 Å². The second-order valence-corrected chi connectivity index (χ2v) is 6.23. The quantitative estimate of drug-likeness (QED) is 0.741. The number of nitriles is 1. The number of nitrogens with zero attached hydrogens (tertiary/aromatic N) is 1. The molecule has 15 heavy (non-hydrogen) atoms. The predicted molar refractivity (Wildman–Crippen MR) is 69.8 cm³/mol. The molecule has 0 aliphatic rings.